The first-order chi connectivity index (χ1) is 13.8. The van der Waals surface area contributed by atoms with Crippen molar-refractivity contribution in [3.63, 3.8) is 0 Å². The van der Waals surface area contributed by atoms with E-state index in [0.717, 1.165) is 12.3 Å². The number of pyridine rings is 1. The Bertz CT molecular complexity index is 864. The highest BCUT2D eigenvalue weighted by Crippen LogP contribution is 2.38. The number of hydrogen-bond acceptors (Lipinski definition) is 7. The Hall–Kier alpha value is -2.69. The van der Waals surface area contributed by atoms with Gasteiger partial charge in [0.2, 0.25) is 5.95 Å². The summed E-state index contributed by atoms with van der Waals surface area (Å²) >= 11 is 0. The van der Waals surface area contributed by atoms with Crippen LogP contribution in [0.25, 0.3) is 11.3 Å². The minimum Gasteiger partial charge on any atom is -0.384 e. The van der Waals surface area contributed by atoms with E-state index in [2.05, 4.69) is 15.0 Å². The van der Waals surface area contributed by atoms with Crippen molar-refractivity contribution in [1.29, 1.82) is 0 Å². The molecule has 0 aliphatic carbocycles. The number of rotatable bonds is 3. The van der Waals surface area contributed by atoms with Gasteiger partial charge in [-0.05, 0) is 12.5 Å². The fourth-order valence-corrected chi connectivity index (χ4v) is 3.46. The van der Waals surface area contributed by atoms with Gasteiger partial charge < -0.3 is 20.3 Å². The minimum absolute atomic E-state index is 0.0682. The Morgan fingerprint density at radius 3 is 2.48 bits per heavy atom. The van der Waals surface area contributed by atoms with Crippen molar-refractivity contribution in [3.05, 3.63) is 23.9 Å². The lowest BCUT2D eigenvalue weighted by molar-refractivity contribution is -0.137. The molecule has 2 aliphatic rings. The molecule has 0 amide bonds. The van der Waals surface area contributed by atoms with Crippen LogP contribution in [0.2, 0.25) is 0 Å². The Kier molecular flexibility index (Phi) is 5.15. The Morgan fingerprint density at radius 2 is 1.83 bits per heavy atom. The van der Waals surface area contributed by atoms with Crippen LogP contribution in [0.3, 0.4) is 0 Å². The van der Waals surface area contributed by atoms with Gasteiger partial charge in [-0.2, -0.15) is 18.2 Å². The van der Waals surface area contributed by atoms with E-state index in [4.69, 9.17) is 10.5 Å². The van der Waals surface area contributed by atoms with Gasteiger partial charge in [0.05, 0.1) is 31.0 Å². The molecule has 0 aromatic carbocycles. The third kappa shape index (κ3) is 4.19. The molecule has 2 aromatic heterocycles. The topological polar surface area (TPSA) is 80.4 Å². The molecule has 2 N–H and O–H groups in total. The molecule has 0 unspecified atom stereocenters. The first kappa shape index (κ1) is 19.6. The summed E-state index contributed by atoms with van der Waals surface area (Å²) in [5.41, 5.74) is 4.43. The zero-order valence-corrected chi connectivity index (χ0v) is 15.5. The number of hydrogen-bond donors (Lipinski definition) is 1. The highest BCUT2D eigenvalue weighted by Gasteiger charge is 2.35. The average Bonchev–Trinajstić information content (AvgIpc) is 3.14. The van der Waals surface area contributed by atoms with E-state index in [0.29, 0.717) is 45.1 Å². The molecule has 29 heavy (non-hydrogen) atoms. The second-order valence-corrected chi connectivity index (χ2v) is 7.00. The predicted octanol–water partition coefficient (Wildman–Crippen LogP) is 2.52. The standard InChI is InChI=1S/C18H20F4N6O/c19-11-1-2-28(10-11)16-8-14(25-17(26-16)27-3-5-29-6-4-27)12-9-24-15(23)7-13(12)18(20,21)22/h7-9,11H,1-6,10H2,(H2,23,24)/t11-/m0/s1. The van der Waals surface area contributed by atoms with Crippen LogP contribution < -0.4 is 15.5 Å². The van der Waals surface area contributed by atoms with Crippen LogP contribution in [0.5, 0.6) is 0 Å². The zero-order valence-electron chi connectivity index (χ0n) is 15.5. The molecule has 156 valence electrons. The first-order valence-electron chi connectivity index (χ1n) is 9.25. The quantitative estimate of drug-likeness (QED) is 0.776. The lowest BCUT2D eigenvalue weighted by atomic mass is 10.1. The van der Waals surface area contributed by atoms with Crippen molar-refractivity contribution in [2.45, 2.75) is 18.8 Å². The van der Waals surface area contributed by atoms with E-state index in [9.17, 15) is 17.6 Å². The van der Waals surface area contributed by atoms with Crippen molar-refractivity contribution in [2.24, 2.45) is 0 Å². The van der Waals surface area contributed by atoms with Gasteiger partial charge in [-0.25, -0.2) is 14.4 Å². The Morgan fingerprint density at radius 1 is 1.07 bits per heavy atom. The number of anilines is 3. The Labute approximate surface area is 164 Å². The molecule has 1 atom stereocenters. The lowest BCUT2D eigenvalue weighted by Gasteiger charge is -2.28. The molecule has 2 aliphatic heterocycles. The fraction of sp³-hybridized carbons (Fsp3) is 0.500. The summed E-state index contributed by atoms with van der Waals surface area (Å²) in [7, 11) is 0. The van der Waals surface area contributed by atoms with E-state index in [-0.39, 0.29) is 29.6 Å². The summed E-state index contributed by atoms with van der Waals surface area (Å²) in [6, 6.07) is 2.24. The summed E-state index contributed by atoms with van der Waals surface area (Å²) in [6.07, 6.45) is -4.21. The van der Waals surface area contributed by atoms with E-state index in [1.807, 2.05) is 4.90 Å². The van der Waals surface area contributed by atoms with Crippen molar-refractivity contribution in [3.8, 4) is 11.3 Å². The fourth-order valence-electron chi connectivity index (χ4n) is 3.46. The molecule has 0 saturated carbocycles. The van der Waals surface area contributed by atoms with Crippen molar-refractivity contribution in [1.82, 2.24) is 15.0 Å². The second-order valence-electron chi connectivity index (χ2n) is 7.00. The third-order valence-electron chi connectivity index (χ3n) is 4.96. The van der Waals surface area contributed by atoms with Crippen LogP contribution in [0.4, 0.5) is 35.1 Å². The third-order valence-corrected chi connectivity index (χ3v) is 4.96. The van der Waals surface area contributed by atoms with Gasteiger partial charge in [0, 0.05) is 37.5 Å². The summed E-state index contributed by atoms with van der Waals surface area (Å²) in [4.78, 5) is 16.3. The van der Waals surface area contributed by atoms with Crippen LogP contribution in [-0.4, -0.2) is 60.5 Å². The summed E-state index contributed by atoms with van der Waals surface area (Å²) < 4.78 is 59.9. The first-order valence-corrected chi connectivity index (χ1v) is 9.25. The van der Waals surface area contributed by atoms with Crippen LogP contribution in [0.1, 0.15) is 12.0 Å². The number of nitrogens with zero attached hydrogens (tertiary/aromatic N) is 5. The molecule has 0 spiro atoms. The van der Waals surface area contributed by atoms with Crippen LogP contribution in [-0.2, 0) is 10.9 Å². The highest BCUT2D eigenvalue weighted by atomic mass is 19.4. The number of ether oxygens (including phenoxy) is 1. The van der Waals surface area contributed by atoms with Gasteiger partial charge >= 0.3 is 6.18 Å². The Balaban J connectivity index is 1.82. The number of nitrogen functional groups attached to an aromatic ring is 1. The molecule has 4 heterocycles. The van der Waals surface area contributed by atoms with Crippen molar-refractivity contribution < 1.29 is 22.3 Å². The molecule has 11 heteroatoms. The largest absolute Gasteiger partial charge is 0.417 e. The minimum atomic E-state index is -4.63. The van der Waals surface area contributed by atoms with Crippen molar-refractivity contribution in [2.75, 3.05) is 54.9 Å². The number of halogens is 4. The molecular weight excluding hydrogens is 392 g/mol. The monoisotopic (exact) mass is 412 g/mol. The van der Waals surface area contributed by atoms with Crippen LogP contribution in [0.15, 0.2) is 18.3 Å². The molecule has 7 nitrogen and oxygen atoms in total. The van der Waals surface area contributed by atoms with E-state index >= 15 is 0 Å². The van der Waals surface area contributed by atoms with Crippen LogP contribution in [0, 0.1) is 0 Å². The molecule has 0 bridgehead atoms. The summed E-state index contributed by atoms with van der Waals surface area (Å²) in [5.74, 6) is 0.443. The van der Waals surface area contributed by atoms with Gasteiger partial charge in [-0.3, -0.25) is 0 Å². The molecule has 2 saturated heterocycles. The maximum absolute atomic E-state index is 13.7. The number of nitrogens with two attached hydrogens (primary N) is 1. The molecule has 4 rings (SSSR count). The van der Waals surface area contributed by atoms with E-state index in [1.54, 1.807) is 4.90 Å². The zero-order chi connectivity index (χ0) is 20.6. The maximum Gasteiger partial charge on any atom is 0.417 e. The normalized spacial score (nSPS) is 20.3. The summed E-state index contributed by atoms with van der Waals surface area (Å²) in [5, 5.41) is 0. The van der Waals surface area contributed by atoms with E-state index in [1.165, 1.54) is 6.07 Å². The van der Waals surface area contributed by atoms with Gasteiger partial charge in [0.1, 0.15) is 17.8 Å². The molecule has 2 fully saturated rings. The van der Waals surface area contributed by atoms with Gasteiger partial charge in [-0.1, -0.05) is 0 Å². The number of aromatic nitrogens is 3. The van der Waals surface area contributed by atoms with Gasteiger partial charge in [0.25, 0.3) is 0 Å². The average molecular weight is 412 g/mol. The molecular formula is C18H20F4N6O. The van der Waals surface area contributed by atoms with Crippen LogP contribution >= 0.6 is 0 Å². The molecule has 2 aromatic rings. The smallest absolute Gasteiger partial charge is 0.384 e. The maximum atomic E-state index is 13.7. The number of morpholine rings is 1. The highest BCUT2D eigenvalue weighted by molar-refractivity contribution is 5.69. The number of alkyl halides is 4. The molecule has 0 radical (unpaired) electrons. The summed E-state index contributed by atoms with van der Waals surface area (Å²) in [6.45, 7) is 2.55. The lowest BCUT2D eigenvalue weighted by Crippen LogP contribution is -2.37. The van der Waals surface area contributed by atoms with Crippen molar-refractivity contribution >= 4 is 17.6 Å². The SMILES string of the molecule is Nc1cc(C(F)(F)F)c(-c2cc(N3CC[C@H](F)C3)nc(N3CCOCC3)n2)cn1. The van der Waals surface area contributed by atoms with Gasteiger partial charge in [0.15, 0.2) is 0 Å². The second kappa shape index (κ2) is 7.62. The van der Waals surface area contributed by atoms with E-state index < -0.39 is 17.9 Å². The van der Waals surface area contributed by atoms with Gasteiger partial charge in [-0.15, -0.1) is 0 Å². The predicted molar refractivity (Wildman–Crippen MR) is 99.4 cm³/mol.